The van der Waals surface area contributed by atoms with Gasteiger partial charge >= 0.3 is 0 Å². The van der Waals surface area contributed by atoms with Crippen LogP contribution in [0.25, 0.3) is 6.08 Å². The van der Waals surface area contributed by atoms with E-state index in [2.05, 4.69) is 6.92 Å². The van der Waals surface area contributed by atoms with Crippen LogP contribution >= 0.6 is 0 Å². The second kappa shape index (κ2) is 7.80. The molecule has 0 aliphatic carbocycles. The van der Waals surface area contributed by atoms with Crippen LogP contribution in [-0.2, 0) is 0 Å². The maximum Gasteiger partial charge on any atom is 0.159 e. The van der Waals surface area contributed by atoms with E-state index in [-0.39, 0.29) is 11.6 Å². The second-order valence-electron chi connectivity index (χ2n) is 4.58. The lowest BCUT2D eigenvalue weighted by Gasteiger charge is -2.00. The molecule has 0 saturated heterocycles. The largest absolute Gasteiger partial charge is 0.295 e. The fraction of sp³-hybridized carbons (Fsp3) is 0.438. The molecule has 98 valence electrons. The normalized spacial score (nSPS) is 11.6. The van der Waals surface area contributed by atoms with Crippen LogP contribution in [0.5, 0.6) is 0 Å². The number of rotatable bonds is 7. The van der Waals surface area contributed by atoms with Gasteiger partial charge in [0.25, 0.3) is 0 Å². The third kappa shape index (κ3) is 5.26. The zero-order chi connectivity index (χ0) is 13.4. The molecule has 0 radical (unpaired) electrons. The number of hydrogen-bond donors (Lipinski definition) is 0. The summed E-state index contributed by atoms with van der Waals surface area (Å²) in [5.41, 5.74) is 1.48. The predicted octanol–water partition coefficient (Wildman–Crippen LogP) is 5.17. The third-order valence-corrected chi connectivity index (χ3v) is 2.91. The number of benzene rings is 1. The minimum absolute atomic E-state index is 0.0329. The molecule has 0 fully saturated rings. The van der Waals surface area contributed by atoms with Crippen LogP contribution in [0.15, 0.2) is 30.1 Å². The molecule has 0 aliphatic heterocycles. The van der Waals surface area contributed by atoms with E-state index in [1.54, 1.807) is 30.3 Å². The lowest BCUT2D eigenvalue weighted by atomic mass is 10.1. The van der Waals surface area contributed by atoms with E-state index in [9.17, 15) is 9.18 Å². The number of ketones is 1. The number of carbonyl (C=O) groups is 1. The highest BCUT2D eigenvalue weighted by molar-refractivity contribution is 5.94. The van der Waals surface area contributed by atoms with Gasteiger partial charge in [0, 0.05) is 5.56 Å². The first-order chi connectivity index (χ1) is 8.63. The molecule has 18 heavy (non-hydrogen) atoms. The molecule has 0 N–H and O–H groups in total. The van der Waals surface area contributed by atoms with Crippen LogP contribution in [-0.4, -0.2) is 5.78 Å². The second-order valence-corrected chi connectivity index (χ2v) is 4.58. The summed E-state index contributed by atoms with van der Waals surface area (Å²) in [6.45, 7) is 3.67. The van der Waals surface area contributed by atoms with Gasteiger partial charge in [0.05, 0.1) is 0 Å². The average molecular weight is 248 g/mol. The zero-order valence-corrected chi connectivity index (χ0v) is 11.2. The molecule has 0 amide bonds. The van der Waals surface area contributed by atoms with E-state index < -0.39 is 0 Å². The molecule has 0 bridgehead atoms. The molecule has 0 aromatic heterocycles. The Bertz CT molecular complexity index is 404. The molecular weight excluding hydrogens is 227 g/mol. The van der Waals surface area contributed by atoms with Crippen molar-refractivity contribution in [3.05, 3.63) is 41.2 Å². The van der Waals surface area contributed by atoms with E-state index in [1.807, 2.05) is 0 Å². The number of carbonyl (C=O) groups excluding carboxylic acids is 1. The summed E-state index contributed by atoms with van der Waals surface area (Å²) in [6, 6.07) is 7.03. The summed E-state index contributed by atoms with van der Waals surface area (Å²) in [4.78, 5) is 11.1. The lowest BCUT2D eigenvalue weighted by Crippen LogP contribution is -1.90. The van der Waals surface area contributed by atoms with E-state index >= 15 is 0 Å². The van der Waals surface area contributed by atoms with Crippen molar-refractivity contribution in [1.29, 1.82) is 0 Å². The van der Waals surface area contributed by atoms with Crippen molar-refractivity contribution in [2.75, 3.05) is 0 Å². The predicted molar refractivity (Wildman–Crippen MR) is 74.3 cm³/mol. The first-order valence-corrected chi connectivity index (χ1v) is 6.60. The molecule has 0 atom stereocenters. The monoisotopic (exact) mass is 248 g/mol. The molecule has 0 spiro atoms. The third-order valence-electron chi connectivity index (χ3n) is 2.91. The Hall–Kier alpha value is -1.44. The first-order valence-electron chi connectivity index (χ1n) is 6.60. The zero-order valence-electron chi connectivity index (χ0n) is 11.2. The fourth-order valence-electron chi connectivity index (χ4n) is 1.79. The fourth-order valence-corrected chi connectivity index (χ4v) is 1.79. The molecule has 0 unspecified atom stereocenters. The molecule has 0 heterocycles. The van der Waals surface area contributed by atoms with Crippen LogP contribution in [0, 0.1) is 0 Å². The summed E-state index contributed by atoms with van der Waals surface area (Å²) in [5, 5.41) is 0. The number of Topliss-reactive ketones (excluding diaryl/α,β-unsaturated/α-hetero) is 1. The summed E-state index contributed by atoms with van der Waals surface area (Å²) >= 11 is 0. The Labute approximate surface area is 109 Å². The van der Waals surface area contributed by atoms with Crippen LogP contribution in [0.1, 0.15) is 61.9 Å². The minimum Gasteiger partial charge on any atom is -0.295 e. The van der Waals surface area contributed by atoms with Crippen LogP contribution in [0.4, 0.5) is 4.39 Å². The molecule has 1 nitrogen and oxygen atoms in total. The quantitative estimate of drug-likeness (QED) is 0.480. The number of hydrogen-bond acceptors (Lipinski definition) is 1. The summed E-state index contributed by atoms with van der Waals surface area (Å²) < 4.78 is 13.6. The maximum atomic E-state index is 13.6. The number of allylic oxidation sites excluding steroid dienone is 1. The van der Waals surface area contributed by atoms with Gasteiger partial charge in [-0.3, -0.25) is 4.79 Å². The lowest BCUT2D eigenvalue weighted by molar-refractivity contribution is 0.101. The highest BCUT2D eigenvalue weighted by Gasteiger charge is 1.99. The maximum absolute atomic E-state index is 13.6. The summed E-state index contributed by atoms with van der Waals surface area (Å²) in [6.07, 6.45) is 6.38. The van der Waals surface area contributed by atoms with E-state index in [0.717, 1.165) is 24.8 Å². The highest BCUT2D eigenvalue weighted by Crippen LogP contribution is 2.16. The van der Waals surface area contributed by atoms with Gasteiger partial charge in [-0.2, -0.15) is 0 Å². The van der Waals surface area contributed by atoms with Crippen LogP contribution in [0.3, 0.4) is 0 Å². The Kier molecular flexibility index (Phi) is 6.34. The van der Waals surface area contributed by atoms with Crippen molar-refractivity contribution < 1.29 is 9.18 Å². The van der Waals surface area contributed by atoms with Crippen molar-refractivity contribution >= 4 is 11.9 Å². The number of unbranched alkanes of at least 4 members (excludes halogenated alkanes) is 3. The Morgan fingerprint density at radius 1 is 1.17 bits per heavy atom. The highest BCUT2D eigenvalue weighted by atomic mass is 19.1. The van der Waals surface area contributed by atoms with Crippen molar-refractivity contribution in [3.63, 3.8) is 0 Å². The molecule has 0 aliphatic rings. The standard InChI is InChI=1S/C16H21FO/c1-3-4-5-6-7-16(17)12-14-8-10-15(11-9-14)13(2)18/h8-12H,3-7H2,1-2H3/b16-12-. The Balaban J connectivity index is 2.51. The smallest absolute Gasteiger partial charge is 0.159 e. The van der Waals surface area contributed by atoms with Crippen LogP contribution < -0.4 is 0 Å². The van der Waals surface area contributed by atoms with Gasteiger partial charge < -0.3 is 0 Å². The summed E-state index contributed by atoms with van der Waals surface area (Å²) in [5.74, 6) is -0.0488. The molecule has 2 heteroatoms. The molecule has 1 aromatic rings. The molecule has 1 aromatic carbocycles. The number of halogens is 1. The van der Waals surface area contributed by atoms with Crippen LogP contribution in [0.2, 0.25) is 0 Å². The molecular formula is C16H21FO. The van der Waals surface area contributed by atoms with E-state index in [0.29, 0.717) is 12.0 Å². The molecule has 0 saturated carbocycles. The SMILES string of the molecule is CCCCCC/C(F)=C/c1ccc(C(C)=O)cc1. The Morgan fingerprint density at radius 3 is 2.39 bits per heavy atom. The van der Waals surface area contributed by atoms with Gasteiger partial charge in [0.15, 0.2) is 5.78 Å². The Morgan fingerprint density at radius 2 is 1.83 bits per heavy atom. The summed E-state index contributed by atoms with van der Waals surface area (Å²) in [7, 11) is 0. The van der Waals surface area contributed by atoms with Gasteiger partial charge in [-0.15, -0.1) is 0 Å². The van der Waals surface area contributed by atoms with Gasteiger partial charge in [-0.1, -0.05) is 50.5 Å². The van der Waals surface area contributed by atoms with E-state index in [4.69, 9.17) is 0 Å². The van der Waals surface area contributed by atoms with Crippen molar-refractivity contribution in [1.82, 2.24) is 0 Å². The van der Waals surface area contributed by atoms with Crippen molar-refractivity contribution in [2.24, 2.45) is 0 Å². The molecule has 1 rings (SSSR count). The average Bonchev–Trinajstić information content (AvgIpc) is 2.35. The van der Waals surface area contributed by atoms with Gasteiger partial charge in [-0.25, -0.2) is 4.39 Å². The van der Waals surface area contributed by atoms with Gasteiger partial charge in [0.1, 0.15) is 5.83 Å². The van der Waals surface area contributed by atoms with Crippen molar-refractivity contribution in [3.8, 4) is 0 Å². The first kappa shape index (κ1) is 14.6. The minimum atomic E-state index is -0.0818. The van der Waals surface area contributed by atoms with Gasteiger partial charge in [0.2, 0.25) is 0 Å². The van der Waals surface area contributed by atoms with Gasteiger partial charge in [-0.05, 0) is 31.4 Å². The topological polar surface area (TPSA) is 17.1 Å². The van der Waals surface area contributed by atoms with Crippen molar-refractivity contribution in [2.45, 2.75) is 46.0 Å². The van der Waals surface area contributed by atoms with E-state index in [1.165, 1.54) is 13.3 Å².